The third-order valence-electron chi connectivity index (χ3n) is 4.31. The lowest BCUT2D eigenvalue weighted by molar-refractivity contribution is 0.0256. The molecule has 0 aromatic heterocycles. The van der Waals surface area contributed by atoms with Gasteiger partial charge in [0.25, 0.3) is 0 Å². The number of hydrogen-bond donors (Lipinski definition) is 0. The van der Waals surface area contributed by atoms with Crippen molar-refractivity contribution in [3.8, 4) is 0 Å². The molecule has 0 spiro atoms. The van der Waals surface area contributed by atoms with E-state index in [1.807, 2.05) is 6.26 Å². The van der Waals surface area contributed by atoms with Crippen LogP contribution in [0.2, 0.25) is 0 Å². The monoisotopic (exact) mass is 266 g/mol. The molecule has 1 saturated carbocycles. The Morgan fingerprint density at radius 1 is 1.00 bits per heavy atom. The quantitative estimate of drug-likeness (QED) is 0.516. The van der Waals surface area contributed by atoms with Crippen LogP contribution in [0.1, 0.15) is 77.0 Å². The van der Waals surface area contributed by atoms with Crippen molar-refractivity contribution in [1.82, 2.24) is 0 Å². The van der Waals surface area contributed by atoms with E-state index in [2.05, 4.69) is 0 Å². The molecule has 1 aliphatic carbocycles. The molecular weight excluding hydrogens is 236 g/mol. The van der Waals surface area contributed by atoms with Gasteiger partial charge < -0.3 is 9.47 Å². The van der Waals surface area contributed by atoms with Crippen LogP contribution in [0.3, 0.4) is 0 Å². The van der Waals surface area contributed by atoms with Crippen molar-refractivity contribution >= 4 is 0 Å². The third kappa shape index (κ3) is 6.47. The molecule has 1 heterocycles. The van der Waals surface area contributed by atoms with Gasteiger partial charge in [0.1, 0.15) is 0 Å². The minimum Gasteiger partial charge on any atom is -0.501 e. The van der Waals surface area contributed by atoms with Gasteiger partial charge in [-0.3, -0.25) is 0 Å². The second kappa shape index (κ2) is 9.41. The molecule has 2 fully saturated rings. The first-order chi connectivity index (χ1) is 9.45. The fourth-order valence-electron chi connectivity index (χ4n) is 3.08. The van der Waals surface area contributed by atoms with Crippen molar-refractivity contribution < 1.29 is 9.47 Å². The van der Waals surface area contributed by atoms with Crippen LogP contribution in [-0.2, 0) is 9.47 Å². The van der Waals surface area contributed by atoms with Crippen molar-refractivity contribution in [2.75, 3.05) is 13.2 Å². The van der Waals surface area contributed by atoms with Gasteiger partial charge in [0.2, 0.25) is 0 Å². The van der Waals surface area contributed by atoms with Crippen molar-refractivity contribution in [3.05, 3.63) is 11.8 Å². The summed E-state index contributed by atoms with van der Waals surface area (Å²) in [6.45, 7) is 1.83. The molecular formula is C17H30O2. The van der Waals surface area contributed by atoms with Crippen molar-refractivity contribution in [2.45, 2.75) is 83.2 Å². The highest BCUT2D eigenvalue weighted by Crippen LogP contribution is 2.22. The number of rotatable bonds is 5. The van der Waals surface area contributed by atoms with Gasteiger partial charge >= 0.3 is 0 Å². The van der Waals surface area contributed by atoms with Crippen LogP contribution in [0.4, 0.5) is 0 Å². The normalized spacial score (nSPS) is 25.5. The Balaban J connectivity index is 1.52. The Bertz CT molecular complexity index is 244. The lowest BCUT2D eigenvalue weighted by Gasteiger charge is -2.20. The van der Waals surface area contributed by atoms with Gasteiger partial charge in [-0.05, 0) is 56.9 Å². The van der Waals surface area contributed by atoms with E-state index in [0.717, 1.165) is 19.6 Å². The maximum Gasteiger partial charge on any atom is 0.0874 e. The molecule has 1 aliphatic heterocycles. The van der Waals surface area contributed by atoms with Crippen LogP contribution in [-0.4, -0.2) is 19.3 Å². The van der Waals surface area contributed by atoms with Gasteiger partial charge in [-0.1, -0.05) is 25.7 Å². The van der Waals surface area contributed by atoms with E-state index in [4.69, 9.17) is 9.47 Å². The summed E-state index contributed by atoms with van der Waals surface area (Å²) < 4.78 is 11.6. The molecule has 1 atom stereocenters. The number of ether oxygens (including phenoxy) is 2. The topological polar surface area (TPSA) is 18.5 Å². The zero-order valence-corrected chi connectivity index (χ0v) is 12.4. The molecule has 110 valence electrons. The molecule has 0 radical (unpaired) electrons. The van der Waals surface area contributed by atoms with Gasteiger partial charge in [0.15, 0.2) is 0 Å². The summed E-state index contributed by atoms with van der Waals surface area (Å²) in [5.41, 5.74) is 1.52. The zero-order valence-electron chi connectivity index (χ0n) is 12.4. The predicted octanol–water partition coefficient (Wildman–Crippen LogP) is 4.98. The summed E-state index contributed by atoms with van der Waals surface area (Å²) >= 11 is 0. The van der Waals surface area contributed by atoms with Crippen LogP contribution in [0, 0.1) is 0 Å². The van der Waals surface area contributed by atoms with Crippen LogP contribution >= 0.6 is 0 Å². The highest BCUT2D eigenvalue weighted by molar-refractivity contribution is 5.00. The van der Waals surface area contributed by atoms with Crippen molar-refractivity contribution in [1.29, 1.82) is 0 Å². The summed E-state index contributed by atoms with van der Waals surface area (Å²) in [5, 5.41) is 0. The van der Waals surface area contributed by atoms with Gasteiger partial charge in [-0.15, -0.1) is 0 Å². The summed E-state index contributed by atoms with van der Waals surface area (Å²) in [7, 11) is 0. The van der Waals surface area contributed by atoms with Gasteiger partial charge in [0, 0.05) is 6.61 Å². The van der Waals surface area contributed by atoms with Gasteiger partial charge in [-0.25, -0.2) is 0 Å². The Hall–Kier alpha value is -0.500. The molecule has 0 bridgehead atoms. The van der Waals surface area contributed by atoms with E-state index in [1.165, 1.54) is 76.2 Å². The predicted molar refractivity (Wildman–Crippen MR) is 79.2 cm³/mol. The van der Waals surface area contributed by atoms with Crippen LogP contribution in [0.25, 0.3) is 0 Å². The van der Waals surface area contributed by atoms with Crippen LogP contribution in [0.5, 0.6) is 0 Å². The third-order valence-corrected chi connectivity index (χ3v) is 4.31. The largest absolute Gasteiger partial charge is 0.501 e. The van der Waals surface area contributed by atoms with Crippen molar-refractivity contribution in [3.63, 3.8) is 0 Å². The lowest BCUT2D eigenvalue weighted by Crippen LogP contribution is -2.16. The number of allylic oxidation sites excluding steroid dienone is 1. The average molecular weight is 266 g/mol. The Morgan fingerprint density at radius 2 is 1.79 bits per heavy atom. The van der Waals surface area contributed by atoms with Gasteiger partial charge in [-0.2, -0.15) is 0 Å². The molecule has 1 saturated heterocycles. The maximum atomic E-state index is 5.91. The first kappa shape index (κ1) is 14.9. The second-order valence-corrected chi connectivity index (χ2v) is 6.05. The molecule has 1 unspecified atom stereocenters. The molecule has 2 heteroatoms. The Morgan fingerprint density at radius 3 is 2.68 bits per heavy atom. The first-order valence-corrected chi connectivity index (χ1v) is 8.36. The van der Waals surface area contributed by atoms with Crippen LogP contribution < -0.4 is 0 Å². The minimum absolute atomic E-state index is 0.492. The molecule has 2 rings (SSSR count). The fourth-order valence-corrected chi connectivity index (χ4v) is 3.08. The highest BCUT2D eigenvalue weighted by atomic mass is 16.5. The maximum absolute atomic E-state index is 5.91. The molecule has 0 aromatic rings. The van der Waals surface area contributed by atoms with E-state index in [-0.39, 0.29) is 0 Å². The highest BCUT2D eigenvalue weighted by Gasteiger charge is 2.11. The van der Waals surface area contributed by atoms with Crippen molar-refractivity contribution in [2.24, 2.45) is 0 Å². The fraction of sp³-hybridized carbons (Fsp3) is 0.882. The number of hydrogen-bond acceptors (Lipinski definition) is 2. The van der Waals surface area contributed by atoms with E-state index in [0.29, 0.717) is 6.10 Å². The summed E-state index contributed by atoms with van der Waals surface area (Å²) in [4.78, 5) is 0. The molecule has 2 nitrogen and oxygen atoms in total. The molecule has 0 aromatic carbocycles. The first-order valence-electron chi connectivity index (χ1n) is 8.36. The zero-order chi connectivity index (χ0) is 13.2. The Labute approximate surface area is 118 Å². The lowest BCUT2D eigenvalue weighted by atomic mass is 9.96. The molecule has 0 amide bonds. The smallest absolute Gasteiger partial charge is 0.0874 e. The van der Waals surface area contributed by atoms with E-state index < -0.39 is 0 Å². The SMILES string of the molecule is C(OCCCC1CCCCCCO1)=C1CCCCC1. The van der Waals surface area contributed by atoms with E-state index in [1.54, 1.807) is 0 Å². The Kier molecular flexibility index (Phi) is 7.38. The summed E-state index contributed by atoms with van der Waals surface area (Å²) in [5.74, 6) is 0. The summed E-state index contributed by atoms with van der Waals surface area (Å²) in [6.07, 6.45) is 18.0. The standard InChI is InChI=1S/C17H30O2/c1-2-7-14-19-17(11-6-1)12-8-13-18-15-16-9-4-3-5-10-16/h15,17H,1-14H2. The molecule has 19 heavy (non-hydrogen) atoms. The van der Waals surface area contributed by atoms with E-state index >= 15 is 0 Å². The molecule has 2 aliphatic rings. The second-order valence-electron chi connectivity index (χ2n) is 6.05. The average Bonchev–Trinajstić information content (AvgIpc) is 2.41. The van der Waals surface area contributed by atoms with Gasteiger partial charge in [0.05, 0.1) is 19.0 Å². The van der Waals surface area contributed by atoms with E-state index in [9.17, 15) is 0 Å². The minimum atomic E-state index is 0.492. The summed E-state index contributed by atoms with van der Waals surface area (Å²) in [6, 6.07) is 0. The van der Waals surface area contributed by atoms with Crippen LogP contribution in [0.15, 0.2) is 11.8 Å². The molecule has 0 N–H and O–H groups in total.